The summed E-state index contributed by atoms with van der Waals surface area (Å²) >= 11 is 5.20. The highest BCUT2D eigenvalue weighted by molar-refractivity contribution is 6.44. The molecule has 0 N–H and O–H groups in total. The van der Waals surface area contributed by atoms with Crippen LogP contribution in [0.4, 0.5) is 0 Å². The van der Waals surface area contributed by atoms with Gasteiger partial charge in [0.05, 0.1) is 0 Å². The fourth-order valence-electron chi connectivity index (χ4n) is 0.266. The van der Waals surface area contributed by atoms with E-state index in [1.54, 1.807) is 0 Å². The minimum Gasteiger partial charge on any atom is -0.353 e. The average Bonchev–Trinajstić information content (AvgIpc) is 1.81. The SMILES string of the molecule is C[SiH2]C#CCOCCl. The molecule has 0 aliphatic heterocycles. The maximum atomic E-state index is 5.20. The number of hydrogen-bond acceptors (Lipinski definition) is 1. The molecule has 0 heterocycles. The zero-order valence-electron chi connectivity index (χ0n) is 4.91. The van der Waals surface area contributed by atoms with Crippen LogP contribution in [0.15, 0.2) is 0 Å². The largest absolute Gasteiger partial charge is 0.353 e. The van der Waals surface area contributed by atoms with Crippen molar-refractivity contribution in [2.45, 2.75) is 6.55 Å². The molecule has 0 saturated heterocycles. The lowest BCUT2D eigenvalue weighted by Crippen LogP contribution is -1.87. The Morgan fingerprint density at radius 3 is 3.00 bits per heavy atom. The Labute approximate surface area is 57.2 Å². The predicted octanol–water partition coefficient (Wildman–Crippen LogP) is 0.377. The molecule has 0 saturated carbocycles. The summed E-state index contributed by atoms with van der Waals surface area (Å²) in [6.07, 6.45) is 0. The van der Waals surface area contributed by atoms with Crippen molar-refractivity contribution in [2.75, 3.05) is 12.7 Å². The number of rotatable bonds is 2. The quantitative estimate of drug-likeness (QED) is 0.238. The van der Waals surface area contributed by atoms with Gasteiger partial charge in [0.1, 0.15) is 22.2 Å². The van der Waals surface area contributed by atoms with Crippen LogP contribution in [0.1, 0.15) is 0 Å². The first-order chi connectivity index (χ1) is 3.91. The molecular weight excluding hydrogens is 140 g/mol. The van der Waals surface area contributed by atoms with Crippen LogP contribution in [0.2, 0.25) is 6.55 Å². The van der Waals surface area contributed by atoms with Gasteiger partial charge in [-0.05, 0) is 0 Å². The van der Waals surface area contributed by atoms with Crippen LogP contribution < -0.4 is 0 Å². The summed E-state index contributed by atoms with van der Waals surface area (Å²) in [7, 11) is -0.0982. The van der Waals surface area contributed by atoms with E-state index in [1.165, 1.54) is 0 Å². The first-order valence-corrected chi connectivity index (χ1v) is 5.16. The molecule has 0 bridgehead atoms. The molecule has 0 aromatic heterocycles. The Morgan fingerprint density at radius 2 is 2.50 bits per heavy atom. The molecule has 8 heavy (non-hydrogen) atoms. The number of halogens is 1. The van der Waals surface area contributed by atoms with Crippen molar-refractivity contribution < 1.29 is 4.74 Å². The summed E-state index contributed by atoms with van der Waals surface area (Å²) in [6, 6.07) is 0.250. The molecule has 0 aromatic carbocycles. The van der Waals surface area contributed by atoms with Crippen LogP contribution in [-0.2, 0) is 4.74 Å². The van der Waals surface area contributed by atoms with Crippen molar-refractivity contribution in [3.63, 3.8) is 0 Å². The maximum Gasteiger partial charge on any atom is 0.122 e. The summed E-state index contributed by atoms with van der Waals surface area (Å²) < 4.78 is 4.75. The number of hydrogen-bond donors (Lipinski definition) is 0. The molecule has 0 rings (SSSR count). The van der Waals surface area contributed by atoms with Gasteiger partial charge in [0.2, 0.25) is 0 Å². The van der Waals surface area contributed by atoms with E-state index in [1.807, 2.05) is 0 Å². The lowest BCUT2D eigenvalue weighted by molar-refractivity contribution is 0.218. The summed E-state index contributed by atoms with van der Waals surface area (Å²) in [6.45, 7) is 2.62. The highest BCUT2D eigenvalue weighted by atomic mass is 35.5. The lowest BCUT2D eigenvalue weighted by atomic mass is 10.8. The Bertz CT molecular complexity index is 94.3. The maximum absolute atomic E-state index is 5.20. The van der Waals surface area contributed by atoms with Gasteiger partial charge >= 0.3 is 0 Å². The molecule has 0 aromatic rings. The second-order valence-electron chi connectivity index (χ2n) is 1.16. The van der Waals surface area contributed by atoms with Crippen LogP contribution in [-0.4, -0.2) is 22.2 Å². The third-order valence-corrected chi connectivity index (χ3v) is 1.31. The molecule has 0 aliphatic rings. The first kappa shape index (κ1) is 8.03. The third kappa shape index (κ3) is 6.03. The topological polar surface area (TPSA) is 9.23 Å². The standard InChI is InChI=1S/C5H9ClOSi/c1-8-4-2-3-7-5-6/h3,5,8H2,1H3. The Kier molecular flexibility index (Phi) is 7.05. The van der Waals surface area contributed by atoms with E-state index in [0.717, 1.165) is 0 Å². The summed E-state index contributed by atoms with van der Waals surface area (Å²) in [5.41, 5.74) is 2.99. The molecule has 46 valence electrons. The average molecular weight is 149 g/mol. The van der Waals surface area contributed by atoms with Crippen molar-refractivity contribution in [1.29, 1.82) is 0 Å². The van der Waals surface area contributed by atoms with Crippen molar-refractivity contribution in [2.24, 2.45) is 0 Å². The predicted molar refractivity (Wildman–Crippen MR) is 38.9 cm³/mol. The number of alkyl halides is 1. The molecular formula is C5H9ClOSi. The van der Waals surface area contributed by atoms with Gasteiger partial charge < -0.3 is 4.74 Å². The van der Waals surface area contributed by atoms with Gasteiger partial charge in [-0.25, -0.2) is 0 Å². The van der Waals surface area contributed by atoms with Gasteiger partial charge in [-0.15, -0.1) is 5.54 Å². The van der Waals surface area contributed by atoms with Gasteiger partial charge in [-0.1, -0.05) is 24.1 Å². The van der Waals surface area contributed by atoms with Gasteiger partial charge in [0.15, 0.2) is 0 Å². The van der Waals surface area contributed by atoms with Crippen molar-refractivity contribution in [1.82, 2.24) is 0 Å². The highest BCUT2D eigenvalue weighted by Crippen LogP contribution is 1.74. The first-order valence-electron chi connectivity index (χ1n) is 2.51. The minimum absolute atomic E-state index is 0.0982. The molecule has 3 heteroatoms. The van der Waals surface area contributed by atoms with Gasteiger partial charge in [0.25, 0.3) is 0 Å². The van der Waals surface area contributed by atoms with Crippen LogP contribution in [0.25, 0.3) is 0 Å². The van der Waals surface area contributed by atoms with Crippen molar-refractivity contribution in [3.05, 3.63) is 0 Å². The normalized spacial score (nSPS) is 9.25. The number of ether oxygens (including phenoxy) is 1. The van der Waals surface area contributed by atoms with E-state index >= 15 is 0 Å². The van der Waals surface area contributed by atoms with Gasteiger partial charge in [-0.2, -0.15) is 0 Å². The molecule has 0 amide bonds. The monoisotopic (exact) mass is 148 g/mol. The molecule has 0 fully saturated rings. The van der Waals surface area contributed by atoms with Crippen LogP contribution in [0, 0.1) is 11.5 Å². The summed E-state index contributed by atoms with van der Waals surface area (Å²) in [5, 5.41) is 0. The zero-order valence-corrected chi connectivity index (χ0v) is 7.08. The lowest BCUT2D eigenvalue weighted by Gasteiger charge is -1.85. The summed E-state index contributed by atoms with van der Waals surface area (Å²) in [4.78, 5) is 0. The molecule has 0 aliphatic carbocycles. The van der Waals surface area contributed by atoms with E-state index in [-0.39, 0.29) is 15.6 Å². The van der Waals surface area contributed by atoms with E-state index in [4.69, 9.17) is 16.3 Å². The zero-order chi connectivity index (χ0) is 6.24. The molecule has 0 atom stereocenters. The second kappa shape index (κ2) is 7.03. The molecule has 0 unspecified atom stereocenters. The fraction of sp³-hybridized carbons (Fsp3) is 0.600. The smallest absolute Gasteiger partial charge is 0.122 e. The molecule has 1 nitrogen and oxygen atoms in total. The van der Waals surface area contributed by atoms with Crippen LogP contribution in [0.3, 0.4) is 0 Å². The Morgan fingerprint density at radius 1 is 1.75 bits per heavy atom. The van der Waals surface area contributed by atoms with E-state index in [9.17, 15) is 0 Å². The van der Waals surface area contributed by atoms with E-state index in [2.05, 4.69) is 18.0 Å². The second-order valence-corrected chi connectivity index (χ2v) is 2.44. The van der Waals surface area contributed by atoms with Crippen molar-refractivity contribution in [3.8, 4) is 11.5 Å². The Balaban J connectivity index is 2.90. The fourth-order valence-corrected chi connectivity index (χ4v) is 0.695. The highest BCUT2D eigenvalue weighted by Gasteiger charge is 1.72. The van der Waals surface area contributed by atoms with Crippen LogP contribution >= 0.6 is 11.6 Å². The molecule has 0 radical (unpaired) electrons. The third-order valence-electron chi connectivity index (χ3n) is 0.553. The van der Waals surface area contributed by atoms with Gasteiger partial charge in [-0.3, -0.25) is 0 Å². The molecule has 0 spiro atoms. The van der Waals surface area contributed by atoms with Gasteiger partial charge in [0, 0.05) is 0 Å². The van der Waals surface area contributed by atoms with E-state index in [0.29, 0.717) is 6.61 Å². The minimum atomic E-state index is -0.0982. The van der Waals surface area contributed by atoms with Crippen molar-refractivity contribution >= 4 is 21.1 Å². The Hall–Kier alpha value is 0.0269. The van der Waals surface area contributed by atoms with E-state index < -0.39 is 0 Å². The van der Waals surface area contributed by atoms with Crippen LogP contribution in [0.5, 0.6) is 0 Å². The summed E-state index contributed by atoms with van der Waals surface area (Å²) in [5.74, 6) is 2.84.